The molecule has 2 aromatic rings. The molecule has 1 aromatic carbocycles. The lowest BCUT2D eigenvalue weighted by molar-refractivity contribution is 0.163. The standard InChI is InChI=1S/C16H23N3O2/c1-11-8-14(6-7-15(11)21-5)18-16-17-12(2)9-19(16)13(3)10-20-4/h6-9,13H,10H2,1-5H3,(H,17,18). The van der Waals surface area contributed by atoms with Gasteiger partial charge in [0.05, 0.1) is 25.5 Å². The van der Waals surface area contributed by atoms with Gasteiger partial charge in [0.2, 0.25) is 5.95 Å². The Kier molecular flexibility index (Phi) is 4.85. The number of nitrogens with one attached hydrogen (secondary N) is 1. The first-order valence-corrected chi connectivity index (χ1v) is 7.01. The summed E-state index contributed by atoms with van der Waals surface area (Å²) in [6.45, 7) is 6.76. The monoisotopic (exact) mass is 289 g/mol. The molecule has 0 bridgehead atoms. The fourth-order valence-electron chi connectivity index (χ4n) is 2.35. The highest BCUT2D eigenvalue weighted by Gasteiger charge is 2.12. The third-order valence-corrected chi connectivity index (χ3v) is 3.39. The highest BCUT2D eigenvalue weighted by Crippen LogP contribution is 2.25. The molecular weight excluding hydrogens is 266 g/mol. The lowest BCUT2D eigenvalue weighted by Crippen LogP contribution is -2.12. The summed E-state index contributed by atoms with van der Waals surface area (Å²) in [6, 6.07) is 6.21. The molecule has 1 atom stereocenters. The maximum absolute atomic E-state index is 5.28. The van der Waals surface area contributed by atoms with Crippen LogP contribution in [-0.4, -0.2) is 30.4 Å². The van der Waals surface area contributed by atoms with Crippen LogP contribution >= 0.6 is 0 Å². The minimum atomic E-state index is 0.220. The van der Waals surface area contributed by atoms with Crippen LogP contribution in [-0.2, 0) is 4.74 Å². The largest absolute Gasteiger partial charge is 0.496 e. The summed E-state index contributed by atoms with van der Waals surface area (Å²) in [7, 11) is 3.39. The lowest BCUT2D eigenvalue weighted by Gasteiger charge is -2.16. The molecule has 0 aliphatic carbocycles. The van der Waals surface area contributed by atoms with Crippen LogP contribution in [0.15, 0.2) is 24.4 Å². The van der Waals surface area contributed by atoms with Gasteiger partial charge in [-0.1, -0.05) is 0 Å². The Labute approximate surface area is 125 Å². The fourth-order valence-corrected chi connectivity index (χ4v) is 2.35. The van der Waals surface area contributed by atoms with Crippen molar-refractivity contribution in [2.45, 2.75) is 26.8 Å². The number of hydrogen-bond donors (Lipinski definition) is 1. The molecule has 0 amide bonds. The number of imidazole rings is 1. The number of aryl methyl sites for hydroxylation is 2. The van der Waals surface area contributed by atoms with E-state index in [0.29, 0.717) is 6.61 Å². The summed E-state index contributed by atoms with van der Waals surface area (Å²) in [5, 5.41) is 3.37. The average molecular weight is 289 g/mol. The Balaban J connectivity index is 2.25. The zero-order valence-electron chi connectivity index (χ0n) is 13.3. The molecule has 2 rings (SSSR count). The summed E-state index contributed by atoms with van der Waals surface area (Å²) >= 11 is 0. The van der Waals surface area contributed by atoms with Crippen molar-refractivity contribution in [3.63, 3.8) is 0 Å². The molecule has 5 nitrogen and oxygen atoms in total. The molecule has 0 spiro atoms. The molecule has 0 fully saturated rings. The van der Waals surface area contributed by atoms with Gasteiger partial charge < -0.3 is 19.4 Å². The average Bonchev–Trinajstić information content (AvgIpc) is 2.80. The second kappa shape index (κ2) is 6.63. The fraction of sp³-hybridized carbons (Fsp3) is 0.438. The number of nitrogens with zero attached hydrogens (tertiary/aromatic N) is 2. The maximum Gasteiger partial charge on any atom is 0.207 e. The first-order chi connectivity index (χ1) is 10.0. The van der Waals surface area contributed by atoms with E-state index in [1.807, 2.05) is 38.2 Å². The second-order valence-electron chi connectivity index (χ2n) is 5.23. The van der Waals surface area contributed by atoms with Gasteiger partial charge in [-0.2, -0.15) is 0 Å². The first-order valence-electron chi connectivity index (χ1n) is 7.01. The van der Waals surface area contributed by atoms with Gasteiger partial charge >= 0.3 is 0 Å². The molecule has 0 saturated carbocycles. The number of aromatic nitrogens is 2. The normalized spacial score (nSPS) is 12.2. The molecule has 0 aliphatic rings. The van der Waals surface area contributed by atoms with Gasteiger partial charge in [-0.3, -0.25) is 0 Å². The van der Waals surface area contributed by atoms with Crippen LogP contribution in [0.25, 0.3) is 0 Å². The van der Waals surface area contributed by atoms with Crippen LogP contribution in [0.5, 0.6) is 5.75 Å². The molecule has 1 heterocycles. The zero-order valence-corrected chi connectivity index (χ0v) is 13.3. The molecule has 1 aromatic heterocycles. The molecule has 1 unspecified atom stereocenters. The highest BCUT2D eigenvalue weighted by molar-refractivity contribution is 5.57. The maximum atomic E-state index is 5.28. The predicted octanol–water partition coefficient (Wildman–Crippen LogP) is 3.46. The van der Waals surface area contributed by atoms with Crippen molar-refractivity contribution in [3.05, 3.63) is 35.7 Å². The van der Waals surface area contributed by atoms with E-state index in [2.05, 4.69) is 21.8 Å². The third-order valence-electron chi connectivity index (χ3n) is 3.39. The van der Waals surface area contributed by atoms with Gasteiger partial charge in [-0.25, -0.2) is 4.98 Å². The Morgan fingerprint density at radius 3 is 2.67 bits per heavy atom. The molecule has 0 aliphatic heterocycles. The highest BCUT2D eigenvalue weighted by atomic mass is 16.5. The van der Waals surface area contributed by atoms with Crippen molar-refractivity contribution in [1.29, 1.82) is 0 Å². The summed E-state index contributed by atoms with van der Waals surface area (Å²) in [4.78, 5) is 4.55. The van der Waals surface area contributed by atoms with Gasteiger partial charge in [0, 0.05) is 19.0 Å². The van der Waals surface area contributed by atoms with Gasteiger partial charge in [0.15, 0.2) is 0 Å². The Morgan fingerprint density at radius 2 is 2.05 bits per heavy atom. The number of anilines is 2. The second-order valence-corrected chi connectivity index (χ2v) is 5.23. The minimum Gasteiger partial charge on any atom is -0.496 e. The predicted molar refractivity (Wildman–Crippen MR) is 84.6 cm³/mol. The first kappa shape index (κ1) is 15.4. The van der Waals surface area contributed by atoms with E-state index in [-0.39, 0.29) is 6.04 Å². The number of benzene rings is 1. The lowest BCUT2D eigenvalue weighted by atomic mass is 10.2. The minimum absolute atomic E-state index is 0.220. The quantitative estimate of drug-likeness (QED) is 0.884. The van der Waals surface area contributed by atoms with Gasteiger partial charge in [0.25, 0.3) is 0 Å². The van der Waals surface area contributed by atoms with Crippen LogP contribution in [0.2, 0.25) is 0 Å². The molecule has 21 heavy (non-hydrogen) atoms. The number of rotatable bonds is 6. The van der Waals surface area contributed by atoms with E-state index in [1.54, 1.807) is 14.2 Å². The van der Waals surface area contributed by atoms with Crippen molar-refractivity contribution in [2.75, 3.05) is 26.1 Å². The summed E-state index contributed by atoms with van der Waals surface area (Å²) in [5.41, 5.74) is 3.05. The Bertz CT molecular complexity index is 608. The van der Waals surface area contributed by atoms with E-state index in [4.69, 9.17) is 9.47 Å². The summed E-state index contributed by atoms with van der Waals surface area (Å²) in [6.07, 6.45) is 2.03. The van der Waals surface area contributed by atoms with E-state index >= 15 is 0 Å². The number of ether oxygens (including phenoxy) is 2. The van der Waals surface area contributed by atoms with Crippen molar-refractivity contribution >= 4 is 11.6 Å². The van der Waals surface area contributed by atoms with E-state index in [9.17, 15) is 0 Å². The SMILES string of the molecule is COCC(C)n1cc(C)nc1Nc1ccc(OC)c(C)c1. The van der Waals surface area contributed by atoms with Crippen molar-refractivity contribution in [2.24, 2.45) is 0 Å². The number of hydrogen-bond acceptors (Lipinski definition) is 4. The molecule has 0 radical (unpaired) electrons. The van der Waals surface area contributed by atoms with Crippen LogP contribution in [0.1, 0.15) is 24.2 Å². The van der Waals surface area contributed by atoms with Crippen LogP contribution in [0.4, 0.5) is 11.6 Å². The summed E-state index contributed by atoms with van der Waals surface area (Å²) in [5.74, 6) is 1.70. The van der Waals surface area contributed by atoms with Gasteiger partial charge in [-0.05, 0) is 44.5 Å². The molecule has 5 heteroatoms. The summed E-state index contributed by atoms with van der Waals surface area (Å²) < 4.78 is 12.6. The van der Waals surface area contributed by atoms with Crippen LogP contribution < -0.4 is 10.1 Å². The topological polar surface area (TPSA) is 48.3 Å². The molecule has 114 valence electrons. The van der Waals surface area contributed by atoms with E-state index in [1.165, 1.54) is 0 Å². The Hall–Kier alpha value is -2.01. The molecule has 1 N–H and O–H groups in total. The molecular formula is C16H23N3O2. The van der Waals surface area contributed by atoms with Crippen molar-refractivity contribution in [1.82, 2.24) is 9.55 Å². The van der Waals surface area contributed by atoms with Crippen LogP contribution in [0.3, 0.4) is 0 Å². The van der Waals surface area contributed by atoms with E-state index < -0.39 is 0 Å². The van der Waals surface area contributed by atoms with Crippen molar-refractivity contribution < 1.29 is 9.47 Å². The molecule has 0 saturated heterocycles. The smallest absolute Gasteiger partial charge is 0.207 e. The number of methoxy groups -OCH3 is 2. The van der Waals surface area contributed by atoms with Gasteiger partial charge in [0.1, 0.15) is 5.75 Å². The van der Waals surface area contributed by atoms with Gasteiger partial charge in [-0.15, -0.1) is 0 Å². The zero-order chi connectivity index (χ0) is 15.4. The Morgan fingerprint density at radius 1 is 1.29 bits per heavy atom. The van der Waals surface area contributed by atoms with Crippen LogP contribution in [0, 0.1) is 13.8 Å². The van der Waals surface area contributed by atoms with Crippen molar-refractivity contribution in [3.8, 4) is 5.75 Å². The third kappa shape index (κ3) is 3.55. The van der Waals surface area contributed by atoms with E-state index in [0.717, 1.165) is 28.6 Å².